The van der Waals surface area contributed by atoms with Gasteiger partial charge in [0.2, 0.25) is 0 Å². The fourth-order valence-corrected chi connectivity index (χ4v) is 5.57. The number of carbonyl (C=O) groups is 1. The zero-order chi connectivity index (χ0) is 20.6. The Bertz CT molecular complexity index is 728. The molecule has 0 bridgehead atoms. The number of carbonyl (C=O) groups excluding carboxylic acids is 1. The minimum Gasteiger partial charge on any atom is -0.496 e. The third kappa shape index (κ3) is 4.40. The van der Waals surface area contributed by atoms with Crippen LogP contribution in [0.2, 0.25) is 0 Å². The lowest BCUT2D eigenvalue weighted by Gasteiger charge is -2.48. The lowest BCUT2D eigenvalue weighted by atomic mass is 9.78. The number of amides is 1. The normalized spacial score (nSPS) is 25.1. The Labute approximate surface area is 175 Å². The van der Waals surface area contributed by atoms with Crippen LogP contribution in [0.25, 0.3) is 0 Å². The highest BCUT2D eigenvalue weighted by Crippen LogP contribution is 2.48. The second-order valence-corrected chi connectivity index (χ2v) is 10.3. The minimum absolute atomic E-state index is 0.149. The first kappa shape index (κ1) is 20.5. The Balaban J connectivity index is 1.27. The predicted molar refractivity (Wildman–Crippen MR) is 114 cm³/mol. The Morgan fingerprint density at radius 2 is 1.79 bits per heavy atom. The van der Waals surface area contributed by atoms with E-state index in [1.807, 2.05) is 25.7 Å². The monoisotopic (exact) mass is 400 g/mol. The molecule has 0 N–H and O–H groups in total. The molecule has 2 saturated heterocycles. The highest BCUT2D eigenvalue weighted by molar-refractivity contribution is 5.69. The molecule has 1 aliphatic carbocycles. The summed E-state index contributed by atoms with van der Waals surface area (Å²) in [5.74, 6) is 1.63. The largest absolute Gasteiger partial charge is 0.496 e. The van der Waals surface area contributed by atoms with Crippen LogP contribution in [-0.2, 0) is 4.74 Å². The molecular formula is C24H36N2O3. The van der Waals surface area contributed by atoms with Crippen molar-refractivity contribution in [2.75, 3.05) is 33.3 Å². The van der Waals surface area contributed by atoms with Crippen LogP contribution in [-0.4, -0.2) is 60.8 Å². The highest BCUT2D eigenvalue weighted by Gasteiger charge is 2.51. The molecule has 0 radical (unpaired) electrons. The molecule has 5 nitrogen and oxygen atoms in total. The molecule has 3 aliphatic rings. The number of likely N-dealkylation sites (tertiary alicyclic amines) is 2. The number of hydrogen-bond donors (Lipinski definition) is 0. The molecule has 5 heteroatoms. The van der Waals surface area contributed by atoms with Gasteiger partial charge in [-0.2, -0.15) is 0 Å². The average Bonchev–Trinajstić information content (AvgIpc) is 3.11. The minimum atomic E-state index is -0.413. The van der Waals surface area contributed by atoms with Crippen LogP contribution >= 0.6 is 0 Å². The molecule has 2 heterocycles. The van der Waals surface area contributed by atoms with Crippen molar-refractivity contribution < 1.29 is 14.3 Å². The van der Waals surface area contributed by atoms with Crippen molar-refractivity contribution in [3.05, 3.63) is 29.8 Å². The van der Waals surface area contributed by atoms with E-state index in [0.717, 1.165) is 18.8 Å². The van der Waals surface area contributed by atoms with Gasteiger partial charge in [-0.1, -0.05) is 18.2 Å². The van der Waals surface area contributed by atoms with Gasteiger partial charge in [-0.25, -0.2) is 4.79 Å². The fourth-order valence-electron chi connectivity index (χ4n) is 5.57. The number of benzene rings is 1. The van der Waals surface area contributed by atoms with E-state index in [1.165, 1.54) is 50.8 Å². The maximum atomic E-state index is 12.3. The van der Waals surface area contributed by atoms with E-state index < -0.39 is 5.60 Å². The summed E-state index contributed by atoms with van der Waals surface area (Å²) in [7, 11) is 1.77. The van der Waals surface area contributed by atoms with Crippen molar-refractivity contribution in [3.63, 3.8) is 0 Å². The lowest BCUT2D eigenvalue weighted by molar-refractivity contribution is -0.0347. The number of ether oxygens (including phenoxy) is 2. The second-order valence-electron chi connectivity index (χ2n) is 10.3. The second kappa shape index (κ2) is 7.82. The van der Waals surface area contributed by atoms with Gasteiger partial charge < -0.3 is 19.3 Å². The molecule has 0 unspecified atom stereocenters. The number of hydrogen-bond acceptors (Lipinski definition) is 4. The van der Waals surface area contributed by atoms with Crippen molar-refractivity contribution >= 4 is 6.09 Å². The predicted octanol–water partition coefficient (Wildman–Crippen LogP) is 4.66. The Kier molecular flexibility index (Phi) is 5.54. The van der Waals surface area contributed by atoms with E-state index >= 15 is 0 Å². The summed E-state index contributed by atoms with van der Waals surface area (Å²) < 4.78 is 11.1. The van der Waals surface area contributed by atoms with Gasteiger partial charge in [0.05, 0.1) is 7.11 Å². The Hall–Kier alpha value is -1.75. The van der Waals surface area contributed by atoms with Gasteiger partial charge in [0, 0.05) is 24.5 Å². The SMILES string of the molecule is COc1ccccc1C1CCN([C@@H]2CCC3(C2)CN(C(=O)OC(C)(C)C)C3)CC1. The summed E-state index contributed by atoms with van der Waals surface area (Å²) in [5.41, 5.74) is 1.29. The molecule has 4 rings (SSSR count). The van der Waals surface area contributed by atoms with Crippen LogP contribution < -0.4 is 4.74 Å². The average molecular weight is 401 g/mol. The summed E-state index contributed by atoms with van der Waals surface area (Å²) in [4.78, 5) is 16.9. The van der Waals surface area contributed by atoms with E-state index in [4.69, 9.17) is 9.47 Å². The van der Waals surface area contributed by atoms with Gasteiger partial charge in [-0.3, -0.25) is 0 Å². The van der Waals surface area contributed by atoms with Crippen LogP contribution in [0, 0.1) is 5.41 Å². The summed E-state index contributed by atoms with van der Waals surface area (Å²) in [6.07, 6.45) is 5.99. The number of rotatable bonds is 3. The van der Waals surface area contributed by atoms with E-state index in [9.17, 15) is 4.79 Å². The van der Waals surface area contributed by atoms with Gasteiger partial charge in [0.25, 0.3) is 0 Å². The molecule has 1 aromatic rings. The first-order chi connectivity index (χ1) is 13.8. The van der Waals surface area contributed by atoms with Crippen LogP contribution in [0.4, 0.5) is 4.79 Å². The van der Waals surface area contributed by atoms with Gasteiger partial charge in [0.1, 0.15) is 11.4 Å². The first-order valence-electron chi connectivity index (χ1n) is 11.1. The topological polar surface area (TPSA) is 42.0 Å². The standard InChI is InChI=1S/C24H36N2O3/c1-23(2,3)29-22(27)26-16-24(17-26)12-9-19(15-24)25-13-10-18(11-14-25)20-7-5-6-8-21(20)28-4/h5-8,18-19H,9-17H2,1-4H3/t19-/m1/s1. The maximum absolute atomic E-state index is 12.3. The van der Waals surface area contributed by atoms with Gasteiger partial charge in [-0.15, -0.1) is 0 Å². The maximum Gasteiger partial charge on any atom is 0.410 e. The number of methoxy groups -OCH3 is 1. The lowest BCUT2D eigenvalue weighted by Crippen LogP contribution is -2.58. The van der Waals surface area contributed by atoms with Crippen molar-refractivity contribution in [1.82, 2.24) is 9.80 Å². The third-order valence-corrected chi connectivity index (χ3v) is 7.01. The summed E-state index contributed by atoms with van der Waals surface area (Å²) >= 11 is 0. The zero-order valence-corrected chi connectivity index (χ0v) is 18.4. The van der Waals surface area contributed by atoms with Crippen LogP contribution in [0.1, 0.15) is 64.4 Å². The zero-order valence-electron chi connectivity index (χ0n) is 18.4. The van der Waals surface area contributed by atoms with E-state index in [2.05, 4.69) is 29.2 Å². The molecule has 1 aromatic carbocycles. The van der Waals surface area contributed by atoms with E-state index in [0.29, 0.717) is 17.4 Å². The highest BCUT2D eigenvalue weighted by atomic mass is 16.6. The number of nitrogens with zero attached hydrogens (tertiary/aromatic N) is 2. The van der Waals surface area contributed by atoms with Crippen molar-refractivity contribution in [1.29, 1.82) is 0 Å². The molecule has 1 amide bonds. The fraction of sp³-hybridized carbons (Fsp3) is 0.708. The molecule has 0 aromatic heterocycles. The number of piperidine rings is 1. The molecule has 1 saturated carbocycles. The first-order valence-corrected chi connectivity index (χ1v) is 11.1. The van der Waals surface area contributed by atoms with Crippen LogP contribution in [0.3, 0.4) is 0 Å². The molecule has 2 aliphatic heterocycles. The number of para-hydroxylation sites is 1. The van der Waals surface area contributed by atoms with E-state index in [1.54, 1.807) is 7.11 Å². The van der Waals surface area contributed by atoms with Gasteiger partial charge in [0.15, 0.2) is 0 Å². The molecule has 1 spiro atoms. The van der Waals surface area contributed by atoms with Crippen molar-refractivity contribution in [2.24, 2.45) is 5.41 Å². The van der Waals surface area contributed by atoms with Crippen LogP contribution in [0.15, 0.2) is 24.3 Å². The molecule has 1 atom stereocenters. The van der Waals surface area contributed by atoms with Crippen molar-refractivity contribution in [3.8, 4) is 5.75 Å². The summed E-state index contributed by atoms with van der Waals surface area (Å²) in [6, 6.07) is 9.15. The Morgan fingerprint density at radius 3 is 2.45 bits per heavy atom. The van der Waals surface area contributed by atoms with E-state index in [-0.39, 0.29) is 6.09 Å². The molecule has 29 heavy (non-hydrogen) atoms. The third-order valence-electron chi connectivity index (χ3n) is 7.01. The molecule has 3 fully saturated rings. The Morgan fingerprint density at radius 1 is 1.10 bits per heavy atom. The smallest absolute Gasteiger partial charge is 0.410 e. The summed E-state index contributed by atoms with van der Waals surface area (Å²) in [6.45, 7) is 9.87. The molecule has 160 valence electrons. The quantitative estimate of drug-likeness (QED) is 0.740. The van der Waals surface area contributed by atoms with Crippen LogP contribution in [0.5, 0.6) is 5.75 Å². The van der Waals surface area contributed by atoms with Gasteiger partial charge >= 0.3 is 6.09 Å². The molecular weight excluding hydrogens is 364 g/mol. The van der Waals surface area contributed by atoms with Gasteiger partial charge in [-0.05, 0) is 83.5 Å². The summed E-state index contributed by atoms with van der Waals surface area (Å²) in [5, 5.41) is 0. The van der Waals surface area contributed by atoms with Crippen molar-refractivity contribution in [2.45, 2.75) is 70.4 Å².